The van der Waals surface area contributed by atoms with Crippen molar-refractivity contribution in [2.24, 2.45) is 0 Å². The van der Waals surface area contributed by atoms with E-state index < -0.39 is 17.5 Å². The number of carbonyl (C=O) groups is 1. The predicted molar refractivity (Wildman–Crippen MR) is 126 cm³/mol. The van der Waals surface area contributed by atoms with Crippen LogP contribution >= 0.6 is 0 Å². The Kier molecular flexibility index (Phi) is 6.41. The summed E-state index contributed by atoms with van der Waals surface area (Å²) in [5.41, 5.74) is 0.385. The average molecular weight is 467 g/mol. The van der Waals surface area contributed by atoms with Crippen LogP contribution in [-0.2, 0) is 6.42 Å². The largest absolute Gasteiger partial charge is 0.336 e. The van der Waals surface area contributed by atoms with Gasteiger partial charge < -0.3 is 4.90 Å². The van der Waals surface area contributed by atoms with Crippen molar-refractivity contribution in [2.45, 2.75) is 44.6 Å². The van der Waals surface area contributed by atoms with Crippen LogP contribution in [-0.4, -0.2) is 58.1 Å². The number of halogens is 2. The maximum Gasteiger partial charge on any atom is 0.272 e. The molecule has 5 rings (SSSR count). The summed E-state index contributed by atoms with van der Waals surface area (Å²) >= 11 is 0. The van der Waals surface area contributed by atoms with E-state index in [1.165, 1.54) is 38.2 Å². The predicted octanol–water partition coefficient (Wildman–Crippen LogP) is 3.88. The van der Waals surface area contributed by atoms with Gasteiger partial charge in [-0.15, -0.1) is 0 Å². The molecule has 1 saturated carbocycles. The Morgan fingerprint density at radius 1 is 1.00 bits per heavy atom. The Bertz CT molecular complexity index is 1260. The molecule has 1 aliphatic heterocycles. The molecule has 1 amide bonds. The zero-order valence-corrected chi connectivity index (χ0v) is 19.0. The quantitative estimate of drug-likeness (QED) is 0.634. The number of amides is 1. The summed E-state index contributed by atoms with van der Waals surface area (Å²) in [6.45, 7) is 2.53. The standard InChI is InChI=1S/C26H28F2N4O2/c27-22-15-17(16-23-19-8-4-5-9-20(19)25(33)30-29-23)14-21(24(22)28)26(34)32-12-10-31(11-13-32)18-6-2-1-3-7-18/h4-5,8-9,14-15,18H,1-3,6-7,10-13,16H2,(H,30,33). The van der Waals surface area contributed by atoms with Crippen LogP contribution in [0.1, 0.15) is 53.7 Å². The fourth-order valence-corrected chi connectivity index (χ4v) is 5.31. The minimum atomic E-state index is -1.12. The third-order valence-corrected chi connectivity index (χ3v) is 7.16. The fraction of sp³-hybridized carbons (Fsp3) is 0.423. The van der Waals surface area contributed by atoms with Gasteiger partial charge in [0.05, 0.1) is 16.6 Å². The average Bonchev–Trinajstić information content (AvgIpc) is 2.88. The van der Waals surface area contributed by atoms with E-state index in [9.17, 15) is 18.4 Å². The summed E-state index contributed by atoms with van der Waals surface area (Å²) in [4.78, 5) is 29.3. The second-order valence-corrected chi connectivity index (χ2v) is 9.28. The van der Waals surface area contributed by atoms with Crippen molar-refractivity contribution in [3.63, 3.8) is 0 Å². The van der Waals surface area contributed by atoms with Crippen LogP contribution in [0.15, 0.2) is 41.2 Å². The lowest BCUT2D eigenvalue weighted by molar-refractivity contribution is 0.0518. The van der Waals surface area contributed by atoms with Crippen LogP contribution in [0, 0.1) is 11.6 Å². The summed E-state index contributed by atoms with van der Waals surface area (Å²) in [5, 5.41) is 7.69. The third kappa shape index (κ3) is 4.46. The molecule has 6 nitrogen and oxygen atoms in total. The second-order valence-electron chi connectivity index (χ2n) is 9.28. The molecule has 0 spiro atoms. The van der Waals surface area contributed by atoms with E-state index in [0.717, 1.165) is 19.2 Å². The molecule has 0 bridgehead atoms. The Hall–Kier alpha value is -3.13. The van der Waals surface area contributed by atoms with Crippen molar-refractivity contribution >= 4 is 16.7 Å². The maximum atomic E-state index is 14.7. The van der Waals surface area contributed by atoms with E-state index in [1.807, 2.05) is 0 Å². The molecule has 0 unspecified atom stereocenters. The Balaban J connectivity index is 1.35. The Morgan fingerprint density at radius 2 is 1.71 bits per heavy atom. The highest BCUT2D eigenvalue weighted by atomic mass is 19.2. The summed E-state index contributed by atoms with van der Waals surface area (Å²) in [7, 11) is 0. The number of carbonyl (C=O) groups excluding carboxylic acids is 1. The smallest absolute Gasteiger partial charge is 0.272 e. The second kappa shape index (κ2) is 9.62. The number of aromatic amines is 1. The number of piperazine rings is 1. The van der Waals surface area contributed by atoms with Crippen molar-refractivity contribution in [1.29, 1.82) is 0 Å². The van der Waals surface area contributed by atoms with E-state index >= 15 is 0 Å². The van der Waals surface area contributed by atoms with E-state index in [2.05, 4.69) is 15.1 Å². The number of hydrogen-bond acceptors (Lipinski definition) is 4. The molecular formula is C26H28F2N4O2. The molecule has 8 heteroatoms. The summed E-state index contributed by atoms with van der Waals surface area (Å²) in [5.74, 6) is -2.67. The van der Waals surface area contributed by atoms with Crippen LogP contribution in [0.3, 0.4) is 0 Å². The number of benzene rings is 2. The zero-order chi connectivity index (χ0) is 23.7. The number of fused-ring (bicyclic) bond motifs is 1. The first-order chi connectivity index (χ1) is 16.5. The minimum absolute atomic E-state index is 0.157. The molecule has 2 heterocycles. The SMILES string of the molecule is O=C(c1cc(Cc2n[nH]c(=O)c3ccccc23)cc(F)c1F)N1CCN(C2CCCCC2)CC1. The lowest BCUT2D eigenvalue weighted by atomic mass is 9.94. The highest BCUT2D eigenvalue weighted by Crippen LogP contribution is 2.25. The molecule has 2 fully saturated rings. The van der Waals surface area contributed by atoms with Gasteiger partial charge in [-0.25, -0.2) is 13.9 Å². The number of nitrogens with zero attached hydrogens (tertiary/aromatic N) is 3. The monoisotopic (exact) mass is 466 g/mol. The molecule has 1 saturated heterocycles. The molecule has 0 atom stereocenters. The Labute approximate surface area is 196 Å². The molecular weight excluding hydrogens is 438 g/mol. The van der Waals surface area contributed by atoms with E-state index in [0.29, 0.717) is 41.2 Å². The first kappa shape index (κ1) is 22.7. The molecule has 0 radical (unpaired) electrons. The lowest BCUT2D eigenvalue weighted by Crippen LogP contribution is -2.52. The maximum absolute atomic E-state index is 14.7. The number of hydrogen-bond donors (Lipinski definition) is 1. The van der Waals surface area contributed by atoms with Crippen molar-refractivity contribution in [1.82, 2.24) is 20.0 Å². The fourth-order valence-electron chi connectivity index (χ4n) is 5.31. The number of aromatic nitrogens is 2. The zero-order valence-electron chi connectivity index (χ0n) is 19.0. The van der Waals surface area contributed by atoms with Crippen LogP contribution in [0.5, 0.6) is 0 Å². The van der Waals surface area contributed by atoms with Crippen LogP contribution < -0.4 is 5.56 Å². The molecule has 1 aromatic heterocycles. The highest BCUT2D eigenvalue weighted by Gasteiger charge is 2.29. The number of nitrogens with one attached hydrogen (secondary N) is 1. The van der Waals surface area contributed by atoms with E-state index in [4.69, 9.17) is 0 Å². The van der Waals surface area contributed by atoms with Crippen molar-refractivity contribution in [3.05, 3.63) is 75.2 Å². The number of H-pyrrole nitrogens is 1. The van der Waals surface area contributed by atoms with Crippen LogP contribution in [0.4, 0.5) is 8.78 Å². The first-order valence-corrected chi connectivity index (χ1v) is 12.0. The van der Waals surface area contributed by atoms with Gasteiger partial charge in [-0.1, -0.05) is 37.5 Å². The normalized spacial score (nSPS) is 17.9. The van der Waals surface area contributed by atoms with Crippen molar-refractivity contribution in [2.75, 3.05) is 26.2 Å². The van der Waals surface area contributed by atoms with Crippen LogP contribution in [0.2, 0.25) is 0 Å². The number of rotatable bonds is 4. The van der Waals surface area contributed by atoms with Crippen LogP contribution in [0.25, 0.3) is 10.8 Å². The molecule has 2 aromatic carbocycles. The lowest BCUT2D eigenvalue weighted by Gasteiger charge is -2.40. The van der Waals surface area contributed by atoms with Gasteiger partial charge in [0, 0.05) is 44.0 Å². The summed E-state index contributed by atoms with van der Waals surface area (Å²) in [6.07, 6.45) is 6.35. The van der Waals surface area contributed by atoms with Gasteiger partial charge in [0.15, 0.2) is 11.6 Å². The molecule has 178 valence electrons. The van der Waals surface area contributed by atoms with Gasteiger partial charge in [0.1, 0.15) is 0 Å². The van der Waals surface area contributed by atoms with Gasteiger partial charge in [-0.05, 0) is 36.6 Å². The summed E-state index contributed by atoms with van der Waals surface area (Å²) in [6, 6.07) is 10.1. The molecule has 2 aliphatic rings. The van der Waals surface area contributed by atoms with Gasteiger partial charge >= 0.3 is 0 Å². The van der Waals surface area contributed by atoms with Gasteiger partial charge in [-0.3, -0.25) is 14.5 Å². The Morgan fingerprint density at radius 3 is 2.44 bits per heavy atom. The molecule has 3 aromatic rings. The van der Waals surface area contributed by atoms with E-state index in [1.54, 1.807) is 29.2 Å². The summed E-state index contributed by atoms with van der Waals surface area (Å²) < 4.78 is 29.2. The van der Waals surface area contributed by atoms with Gasteiger partial charge in [0.25, 0.3) is 11.5 Å². The first-order valence-electron chi connectivity index (χ1n) is 12.0. The van der Waals surface area contributed by atoms with E-state index in [-0.39, 0.29) is 17.5 Å². The molecule has 1 N–H and O–H groups in total. The highest BCUT2D eigenvalue weighted by molar-refractivity contribution is 5.95. The van der Waals surface area contributed by atoms with Gasteiger partial charge in [0.2, 0.25) is 0 Å². The third-order valence-electron chi connectivity index (χ3n) is 7.16. The molecule has 1 aliphatic carbocycles. The molecule has 34 heavy (non-hydrogen) atoms. The minimum Gasteiger partial charge on any atom is -0.336 e. The van der Waals surface area contributed by atoms with Crippen molar-refractivity contribution < 1.29 is 13.6 Å². The topological polar surface area (TPSA) is 69.3 Å². The van der Waals surface area contributed by atoms with Crippen molar-refractivity contribution in [3.8, 4) is 0 Å². The van der Waals surface area contributed by atoms with Gasteiger partial charge in [-0.2, -0.15) is 5.10 Å².